The van der Waals surface area contributed by atoms with Crippen molar-refractivity contribution in [1.82, 2.24) is 15.3 Å². The minimum absolute atomic E-state index is 0.368. The summed E-state index contributed by atoms with van der Waals surface area (Å²) < 4.78 is 0. The number of aromatic nitrogens is 2. The standard InChI is InChI=1S/C14H24N4/c1-9(2)14-16-10(3)8-13(18-14)17-12-6-5-7-15-11(12)4/h8-9,11-12,15H,5-7H2,1-4H3,(H,16,17,18). The summed E-state index contributed by atoms with van der Waals surface area (Å²) in [5, 5.41) is 7.05. The van der Waals surface area contributed by atoms with Gasteiger partial charge in [0.25, 0.3) is 0 Å². The topological polar surface area (TPSA) is 49.8 Å². The minimum atomic E-state index is 0.368. The molecular weight excluding hydrogens is 224 g/mol. The van der Waals surface area contributed by atoms with Crippen molar-refractivity contribution < 1.29 is 0 Å². The van der Waals surface area contributed by atoms with E-state index in [1.807, 2.05) is 13.0 Å². The van der Waals surface area contributed by atoms with Crippen LogP contribution < -0.4 is 10.6 Å². The van der Waals surface area contributed by atoms with Gasteiger partial charge >= 0.3 is 0 Å². The van der Waals surface area contributed by atoms with Crippen molar-refractivity contribution >= 4 is 5.82 Å². The molecule has 100 valence electrons. The molecule has 0 radical (unpaired) electrons. The summed E-state index contributed by atoms with van der Waals surface area (Å²) in [4.78, 5) is 9.09. The average Bonchev–Trinajstić information content (AvgIpc) is 2.31. The van der Waals surface area contributed by atoms with Crippen LogP contribution in [0.15, 0.2) is 6.07 Å². The van der Waals surface area contributed by atoms with Crippen LogP contribution >= 0.6 is 0 Å². The number of hydrogen-bond donors (Lipinski definition) is 2. The fourth-order valence-corrected chi connectivity index (χ4v) is 2.35. The maximum Gasteiger partial charge on any atom is 0.133 e. The lowest BCUT2D eigenvalue weighted by Gasteiger charge is -2.31. The first-order valence-corrected chi connectivity index (χ1v) is 6.91. The molecule has 2 N–H and O–H groups in total. The van der Waals surface area contributed by atoms with Gasteiger partial charge in [0.05, 0.1) is 0 Å². The molecule has 2 rings (SSSR count). The van der Waals surface area contributed by atoms with E-state index < -0.39 is 0 Å². The summed E-state index contributed by atoms with van der Waals surface area (Å²) >= 11 is 0. The highest BCUT2D eigenvalue weighted by Gasteiger charge is 2.21. The van der Waals surface area contributed by atoms with Crippen molar-refractivity contribution in [3.05, 3.63) is 17.6 Å². The summed E-state index contributed by atoms with van der Waals surface area (Å²) in [5.74, 6) is 2.26. The molecule has 1 aromatic heterocycles. The van der Waals surface area contributed by atoms with Crippen LogP contribution in [0.4, 0.5) is 5.82 Å². The number of nitrogens with one attached hydrogen (secondary N) is 2. The molecule has 1 fully saturated rings. The van der Waals surface area contributed by atoms with Gasteiger partial charge in [-0.25, -0.2) is 9.97 Å². The molecule has 1 saturated heterocycles. The van der Waals surface area contributed by atoms with Gasteiger partial charge in [0, 0.05) is 29.8 Å². The summed E-state index contributed by atoms with van der Waals surface area (Å²) in [6, 6.07) is 3.00. The van der Waals surface area contributed by atoms with Crippen molar-refractivity contribution in [2.24, 2.45) is 0 Å². The molecule has 0 aliphatic carbocycles. The highest BCUT2D eigenvalue weighted by molar-refractivity contribution is 5.38. The Hall–Kier alpha value is -1.16. The summed E-state index contributed by atoms with van der Waals surface area (Å²) in [6.07, 6.45) is 2.43. The van der Waals surface area contributed by atoms with Gasteiger partial charge in [0.15, 0.2) is 0 Å². The van der Waals surface area contributed by atoms with E-state index in [0.29, 0.717) is 18.0 Å². The molecule has 0 spiro atoms. The quantitative estimate of drug-likeness (QED) is 0.862. The van der Waals surface area contributed by atoms with Crippen LogP contribution in [0, 0.1) is 6.92 Å². The third-order valence-electron chi connectivity index (χ3n) is 3.48. The zero-order chi connectivity index (χ0) is 13.1. The van der Waals surface area contributed by atoms with Gasteiger partial charge in [0.2, 0.25) is 0 Å². The molecule has 2 atom stereocenters. The van der Waals surface area contributed by atoms with Gasteiger partial charge in [-0.3, -0.25) is 0 Å². The van der Waals surface area contributed by atoms with E-state index in [4.69, 9.17) is 0 Å². The van der Waals surface area contributed by atoms with Crippen molar-refractivity contribution in [2.75, 3.05) is 11.9 Å². The monoisotopic (exact) mass is 248 g/mol. The number of nitrogens with zero attached hydrogens (tertiary/aromatic N) is 2. The molecule has 2 heterocycles. The number of aryl methyl sites for hydroxylation is 1. The van der Waals surface area contributed by atoms with Crippen LogP contribution in [-0.2, 0) is 0 Å². The lowest BCUT2D eigenvalue weighted by Crippen LogP contribution is -2.46. The lowest BCUT2D eigenvalue weighted by molar-refractivity contribution is 0.388. The molecule has 0 aromatic carbocycles. The molecule has 1 aromatic rings. The van der Waals surface area contributed by atoms with E-state index in [0.717, 1.165) is 23.9 Å². The fourth-order valence-electron chi connectivity index (χ4n) is 2.35. The van der Waals surface area contributed by atoms with Gasteiger partial charge < -0.3 is 10.6 Å². The molecular formula is C14H24N4. The second-order valence-corrected chi connectivity index (χ2v) is 5.54. The highest BCUT2D eigenvalue weighted by atomic mass is 15.1. The molecule has 18 heavy (non-hydrogen) atoms. The van der Waals surface area contributed by atoms with Crippen LogP contribution in [0.3, 0.4) is 0 Å². The Morgan fingerprint density at radius 1 is 1.39 bits per heavy atom. The first-order chi connectivity index (χ1) is 8.56. The van der Waals surface area contributed by atoms with E-state index in [1.54, 1.807) is 0 Å². The smallest absolute Gasteiger partial charge is 0.133 e. The Kier molecular flexibility index (Phi) is 4.17. The molecule has 1 aliphatic rings. The van der Waals surface area contributed by atoms with Crippen molar-refractivity contribution in [2.45, 2.75) is 58.5 Å². The summed E-state index contributed by atoms with van der Waals surface area (Å²) in [6.45, 7) is 9.64. The highest BCUT2D eigenvalue weighted by Crippen LogP contribution is 2.17. The van der Waals surface area contributed by atoms with Crippen molar-refractivity contribution in [3.8, 4) is 0 Å². The molecule has 4 nitrogen and oxygen atoms in total. The van der Waals surface area contributed by atoms with Crippen molar-refractivity contribution in [3.63, 3.8) is 0 Å². The Labute approximate surface area is 110 Å². The molecule has 0 bridgehead atoms. The molecule has 2 unspecified atom stereocenters. The normalized spacial score (nSPS) is 24.3. The zero-order valence-electron chi connectivity index (χ0n) is 11.8. The second kappa shape index (κ2) is 5.65. The van der Waals surface area contributed by atoms with E-state index in [2.05, 4.69) is 41.4 Å². The first-order valence-electron chi connectivity index (χ1n) is 6.91. The largest absolute Gasteiger partial charge is 0.366 e. The SMILES string of the molecule is Cc1cc(NC2CCCNC2C)nc(C(C)C)n1. The van der Waals surface area contributed by atoms with Crippen LogP contribution in [0.1, 0.15) is 51.0 Å². The van der Waals surface area contributed by atoms with Gasteiger partial charge in [-0.1, -0.05) is 13.8 Å². The first kappa shape index (κ1) is 13.3. The molecule has 0 amide bonds. The van der Waals surface area contributed by atoms with Gasteiger partial charge in [-0.2, -0.15) is 0 Å². The maximum atomic E-state index is 4.61. The second-order valence-electron chi connectivity index (χ2n) is 5.54. The minimum Gasteiger partial charge on any atom is -0.366 e. The third-order valence-corrected chi connectivity index (χ3v) is 3.48. The van der Waals surface area contributed by atoms with Crippen molar-refractivity contribution in [1.29, 1.82) is 0 Å². The van der Waals surface area contributed by atoms with Crippen LogP contribution in [-0.4, -0.2) is 28.6 Å². The predicted octanol–water partition coefficient (Wildman–Crippen LogP) is 2.46. The Bertz CT molecular complexity index is 403. The molecule has 0 saturated carbocycles. The summed E-state index contributed by atoms with van der Waals surface area (Å²) in [7, 11) is 0. The third kappa shape index (κ3) is 3.19. The maximum absolute atomic E-state index is 4.61. The lowest BCUT2D eigenvalue weighted by atomic mass is 10.00. The fraction of sp³-hybridized carbons (Fsp3) is 0.714. The van der Waals surface area contributed by atoms with E-state index >= 15 is 0 Å². The zero-order valence-corrected chi connectivity index (χ0v) is 11.8. The van der Waals surface area contributed by atoms with Gasteiger partial charge in [-0.15, -0.1) is 0 Å². The number of anilines is 1. The Morgan fingerprint density at radius 2 is 2.17 bits per heavy atom. The Balaban J connectivity index is 2.12. The van der Waals surface area contributed by atoms with E-state index in [-0.39, 0.29) is 0 Å². The molecule has 1 aliphatic heterocycles. The van der Waals surface area contributed by atoms with Crippen LogP contribution in [0.2, 0.25) is 0 Å². The van der Waals surface area contributed by atoms with Crippen LogP contribution in [0.5, 0.6) is 0 Å². The van der Waals surface area contributed by atoms with Gasteiger partial charge in [0.1, 0.15) is 11.6 Å². The van der Waals surface area contributed by atoms with Gasteiger partial charge in [-0.05, 0) is 33.2 Å². The number of hydrogen-bond acceptors (Lipinski definition) is 4. The Morgan fingerprint density at radius 3 is 2.83 bits per heavy atom. The van der Waals surface area contributed by atoms with E-state index in [9.17, 15) is 0 Å². The predicted molar refractivity (Wildman–Crippen MR) is 75.0 cm³/mol. The van der Waals surface area contributed by atoms with Crippen LogP contribution in [0.25, 0.3) is 0 Å². The van der Waals surface area contributed by atoms with E-state index in [1.165, 1.54) is 12.8 Å². The number of piperidine rings is 1. The number of rotatable bonds is 3. The molecule has 4 heteroatoms. The summed E-state index contributed by atoms with van der Waals surface area (Å²) in [5.41, 5.74) is 1.03. The average molecular weight is 248 g/mol.